The van der Waals surface area contributed by atoms with Crippen molar-refractivity contribution in [1.29, 1.82) is 0 Å². The summed E-state index contributed by atoms with van der Waals surface area (Å²) < 4.78 is 39.0. The van der Waals surface area contributed by atoms with Crippen molar-refractivity contribution in [3.05, 3.63) is 119 Å². The van der Waals surface area contributed by atoms with Crippen molar-refractivity contribution < 1.29 is 38.4 Å². The summed E-state index contributed by atoms with van der Waals surface area (Å²) in [6.45, 7) is 9.89. The van der Waals surface area contributed by atoms with Gasteiger partial charge in [-0.1, -0.05) is 55.5 Å². The number of aromatic nitrogens is 9. The molecular weight excluding hydrogens is 1030 g/mol. The second-order valence-corrected chi connectivity index (χ2v) is 22.4. The number of amides is 2. The summed E-state index contributed by atoms with van der Waals surface area (Å²) in [5.41, 5.74) is 7.76. The Balaban J connectivity index is 0.823. The average Bonchev–Trinajstić information content (AvgIpc) is 4.27. The number of carbonyl (C=O) groups is 2. The molecule has 6 atom stereocenters. The van der Waals surface area contributed by atoms with Crippen LogP contribution in [0.4, 0.5) is 10.2 Å². The molecule has 3 saturated heterocycles. The first-order valence-corrected chi connectivity index (χ1v) is 28.1. The highest BCUT2D eigenvalue weighted by Crippen LogP contribution is 2.53. The van der Waals surface area contributed by atoms with Crippen LogP contribution < -0.4 is 25.0 Å². The van der Waals surface area contributed by atoms with E-state index < -0.39 is 30.1 Å². The number of β-amino-alcohol motifs (C(OH)–C–C–N with tert-alkyl or cyclic N) is 1. The molecule has 8 aromatic rings. The third-order valence-corrected chi connectivity index (χ3v) is 16.6. The molecule has 81 heavy (non-hydrogen) atoms. The number of aromatic amines is 1. The maximum Gasteiger partial charge on any atom is 0.319 e. The van der Waals surface area contributed by atoms with E-state index in [9.17, 15) is 19.8 Å². The van der Waals surface area contributed by atoms with Gasteiger partial charge in [-0.05, 0) is 111 Å². The monoisotopic (exact) mass is 1100 g/mol. The minimum absolute atomic E-state index is 0.0381. The zero-order chi connectivity index (χ0) is 56.1. The van der Waals surface area contributed by atoms with E-state index in [2.05, 4.69) is 54.1 Å². The molecule has 3 aliphatic heterocycles. The van der Waals surface area contributed by atoms with E-state index in [1.54, 1.807) is 25.5 Å². The molecule has 422 valence electrons. The van der Waals surface area contributed by atoms with Crippen LogP contribution in [0.3, 0.4) is 0 Å². The van der Waals surface area contributed by atoms with E-state index in [-0.39, 0.29) is 67.9 Å². The van der Waals surface area contributed by atoms with Crippen molar-refractivity contribution in [2.75, 3.05) is 51.4 Å². The number of ether oxygens (including phenoxy) is 3. The number of aliphatic hydroxyl groups is 2. The van der Waals surface area contributed by atoms with Gasteiger partial charge in [0.25, 0.3) is 0 Å². The Bertz CT molecular complexity index is 3590. The van der Waals surface area contributed by atoms with Gasteiger partial charge in [0.15, 0.2) is 5.75 Å². The summed E-state index contributed by atoms with van der Waals surface area (Å²) in [5, 5.41) is 45.7. The Morgan fingerprint density at radius 3 is 2.52 bits per heavy atom. The molecule has 0 spiro atoms. The number of hydrogen-bond acceptors (Lipinski definition) is 15. The number of imidazole rings is 1. The maximum absolute atomic E-state index is 16.1. The van der Waals surface area contributed by atoms with Gasteiger partial charge in [-0.15, -0.1) is 5.10 Å². The van der Waals surface area contributed by atoms with Gasteiger partial charge in [-0.25, -0.2) is 14.1 Å². The Hall–Kier alpha value is -7.85. The van der Waals surface area contributed by atoms with Crippen molar-refractivity contribution in [3.63, 3.8) is 0 Å². The number of likely N-dealkylation sites (N-methyl/N-ethyl adjacent to an activating group) is 1. The quantitative estimate of drug-likeness (QED) is 0.0539. The highest BCUT2D eigenvalue weighted by molar-refractivity contribution is 6.06. The van der Waals surface area contributed by atoms with Crippen molar-refractivity contribution in [1.82, 2.24) is 60.2 Å². The first-order valence-electron chi connectivity index (χ1n) is 28.1. The fraction of sp³-hybridized carbons (Fsp3) is 0.433. The van der Waals surface area contributed by atoms with Crippen LogP contribution in [0.15, 0.2) is 85.5 Å². The van der Waals surface area contributed by atoms with Crippen molar-refractivity contribution in [2.45, 2.75) is 115 Å². The van der Waals surface area contributed by atoms with Gasteiger partial charge < -0.3 is 49.4 Å². The lowest BCUT2D eigenvalue weighted by Gasteiger charge is -2.30. The molecule has 1 saturated carbocycles. The van der Waals surface area contributed by atoms with E-state index in [4.69, 9.17) is 24.2 Å². The first kappa shape index (κ1) is 53.8. The van der Waals surface area contributed by atoms with Crippen molar-refractivity contribution >= 4 is 39.4 Å². The molecule has 2 amide bonds. The second kappa shape index (κ2) is 22.6. The third-order valence-electron chi connectivity index (χ3n) is 16.6. The number of carbonyl (C=O) groups excluding carboxylic acids is 2. The van der Waals surface area contributed by atoms with Crippen LogP contribution in [0, 0.1) is 25.6 Å². The number of halogens is 1. The first-order chi connectivity index (χ1) is 39.3. The molecule has 20 nitrogen and oxygen atoms in total. The molecule has 7 heterocycles. The Kier molecular flexibility index (Phi) is 15.0. The van der Waals surface area contributed by atoms with Crippen LogP contribution in [0.25, 0.3) is 49.9 Å². The number of nitrogens with zero attached hydrogens (tertiary/aromatic N) is 10. The van der Waals surface area contributed by atoms with Crippen LogP contribution in [-0.2, 0) is 20.9 Å². The number of hydrogen-bond donors (Lipinski definition) is 5. The third kappa shape index (κ3) is 10.7. The fourth-order valence-corrected chi connectivity index (χ4v) is 11.9. The topological polar surface area (TPSA) is 236 Å². The number of benzene rings is 4. The van der Waals surface area contributed by atoms with Gasteiger partial charge >= 0.3 is 6.01 Å². The largest absolute Gasteiger partial charge is 0.486 e. The summed E-state index contributed by atoms with van der Waals surface area (Å²) in [6, 6.07) is 16.7. The van der Waals surface area contributed by atoms with Crippen molar-refractivity contribution in [3.8, 4) is 39.8 Å². The molecule has 1 aliphatic carbocycles. The smallest absolute Gasteiger partial charge is 0.319 e. The van der Waals surface area contributed by atoms with Gasteiger partial charge in [-0.3, -0.25) is 14.7 Å². The van der Waals surface area contributed by atoms with Gasteiger partial charge in [-0.2, -0.15) is 15.1 Å². The van der Waals surface area contributed by atoms with Crippen molar-refractivity contribution in [2.24, 2.45) is 5.92 Å². The minimum atomic E-state index is -0.986. The zero-order valence-corrected chi connectivity index (χ0v) is 46.2. The number of rotatable bonds is 19. The van der Waals surface area contributed by atoms with E-state index in [0.29, 0.717) is 52.4 Å². The molecule has 5 N–H and O–H groups in total. The summed E-state index contributed by atoms with van der Waals surface area (Å²) >= 11 is 0. The molecule has 4 aromatic carbocycles. The zero-order valence-electron chi connectivity index (χ0n) is 46.2. The minimum Gasteiger partial charge on any atom is -0.486 e. The maximum atomic E-state index is 16.1. The van der Waals surface area contributed by atoms with Crippen LogP contribution in [0.2, 0.25) is 0 Å². The predicted molar refractivity (Wildman–Crippen MR) is 302 cm³/mol. The molecule has 0 bridgehead atoms. The summed E-state index contributed by atoms with van der Waals surface area (Å²) in [7, 11) is 2.07. The number of fused-ring (bicyclic) bond motifs is 2. The number of nitrogens with one attached hydrogen (secondary N) is 3. The SMILES string of the molecule is Cc1c(F)cc2[nH]ncc2c1-c1c(C2CC2)cc2c(N(C)[C@H]3CCNC3)nc(OC[C@H]3CCCO3)nc2c1OCc1ccc(-c2cn([C@H](C(=O)N3C[C@H](O)C[C@H]3C(=O)N[C@@H](CO)c3ccc(-n4ccnc4C)cc3)C(C)C)nn2)cc1. The standard InChI is InChI=1S/C60H68FN13O7/c1-33(2)55(59(78)73-28-42(76)23-51(73)58(77)65-50(30-75)39-14-16-40(17-15-39)72-21-20-63-35(72)4)74-29-49(69-70-74)38-10-8-36(9-11-38)31-80-56-53(52-34(3)47(61)25-48-46(52)27-64-68-48)44(37-12-13-37)24-45-54(56)66-60(81-32-43-7-6-22-79-43)67-57(45)71(5)41-18-19-62-26-41/h8-11,14-17,20-21,24-25,27,29,33,37,41-43,50-51,55,62,75-76H,6-7,12-13,18-19,22-23,26,28,30-32H2,1-5H3,(H,64,68)(H,65,77)/t41-,42+,43+,50-,51-,55-/m0/s1. The Morgan fingerprint density at radius 1 is 1.00 bits per heavy atom. The highest BCUT2D eigenvalue weighted by Gasteiger charge is 2.43. The molecule has 4 aromatic heterocycles. The van der Waals surface area contributed by atoms with E-state index in [1.807, 2.05) is 80.1 Å². The second-order valence-electron chi connectivity index (χ2n) is 22.4. The molecular formula is C60H68FN13O7. The van der Waals surface area contributed by atoms with Gasteiger partial charge in [0.1, 0.15) is 54.0 Å². The Morgan fingerprint density at radius 2 is 1.81 bits per heavy atom. The molecule has 12 rings (SSSR count). The lowest BCUT2D eigenvalue weighted by atomic mass is 9.88. The van der Waals surface area contributed by atoms with Crippen LogP contribution in [0.5, 0.6) is 11.8 Å². The number of H-pyrrole nitrogens is 1. The molecule has 21 heteroatoms. The van der Waals surface area contributed by atoms with E-state index in [0.717, 1.165) is 95.5 Å². The highest BCUT2D eigenvalue weighted by atomic mass is 19.1. The summed E-state index contributed by atoms with van der Waals surface area (Å²) in [5.74, 6) is 0.749. The molecule has 4 aliphatic rings. The number of likely N-dealkylation sites (tertiary alicyclic amines) is 1. The van der Waals surface area contributed by atoms with Gasteiger partial charge in [0.05, 0.1) is 42.8 Å². The summed E-state index contributed by atoms with van der Waals surface area (Å²) in [4.78, 5) is 46.8. The molecule has 0 radical (unpaired) electrons. The van der Waals surface area contributed by atoms with Crippen LogP contribution in [-0.4, -0.2) is 142 Å². The van der Waals surface area contributed by atoms with Gasteiger partial charge in [0.2, 0.25) is 11.8 Å². The van der Waals surface area contributed by atoms with E-state index in [1.165, 1.54) is 15.6 Å². The molecule has 4 fully saturated rings. The normalized spacial score (nSPS) is 19.9. The van der Waals surface area contributed by atoms with E-state index >= 15 is 4.39 Å². The van der Waals surface area contributed by atoms with Crippen LogP contribution in [0.1, 0.15) is 98.5 Å². The fourth-order valence-electron chi connectivity index (χ4n) is 11.9. The Labute approximate surface area is 468 Å². The number of aliphatic hydroxyl groups excluding tert-OH is 2. The summed E-state index contributed by atoms with van der Waals surface area (Å²) in [6.07, 6.45) is 10.8. The van der Waals surface area contributed by atoms with Gasteiger partial charge in [0, 0.05) is 84.8 Å². The van der Waals surface area contributed by atoms with Crippen LogP contribution >= 0.6 is 0 Å². The predicted octanol–water partition coefficient (Wildman–Crippen LogP) is 7.19. The number of aryl methyl sites for hydroxylation is 1. The lowest BCUT2D eigenvalue weighted by Crippen LogP contribution is -2.50. The molecule has 0 unspecified atom stereocenters. The average molecular weight is 1100 g/mol. The number of anilines is 1. The lowest BCUT2D eigenvalue weighted by molar-refractivity contribution is -0.142.